The van der Waals surface area contributed by atoms with Gasteiger partial charge in [0.1, 0.15) is 4.83 Å². The van der Waals surface area contributed by atoms with Crippen LogP contribution in [-0.2, 0) is 24.3 Å². The van der Waals surface area contributed by atoms with Crippen LogP contribution < -0.4 is 5.69 Å². The Labute approximate surface area is 201 Å². The van der Waals surface area contributed by atoms with Gasteiger partial charge < -0.3 is 4.74 Å². The highest BCUT2D eigenvalue weighted by Gasteiger charge is 2.32. The van der Waals surface area contributed by atoms with Crippen molar-refractivity contribution in [2.24, 2.45) is 0 Å². The number of nitrogens with zero attached hydrogens (tertiary/aromatic N) is 5. The summed E-state index contributed by atoms with van der Waals surface area (Å²) in [5.41, 5.74) is 3.19. The minimum absolute atomic E-state index is 0.202. The molecule has 0 fully saturated rings. The van der Waals surface area contributed by atoms with Crippen LogP contribution in [0.15, 0.2) is 58.1 Å². The lowest BCUT2D eigenvalue weighted by Gasteiger charge is -2.30. The summed E-state index contributed by atoms with van der Waals surface area (Å²) in [5.74, 6) is 0.517. The van der Waals surface area contributed by atoms with Gasteiger partial charge in [-0.25, -0.2) is 9.78 Å². The molecule has 0 aliphatic carbocycles. The predicted molar refractivity (Wildman–Crippen MR) is 132 cm³/mol. The second-order valence-electron chi connectivity index (χ2n) is 8.81. The first-order valence-corrected chi connectivity index (χ1v) is 12.2. The Balaban J connectivity index is 1.65. The van der Waals surface area contributed by atoms with E-state index >= 15 is 0 Å². The minimum Gasteiger partial charge on any atom is -0.370 e. The third kappa shape index (κ3) is 3.51. The van der Waals surface area contributed by atoms with E-state index in [1.165, 1.54) is 10.1 Å². The highest BCUT2D eigenvalue weighted by molar-refractivity contribution is 9.10. The minimum atomic E-state index is -0.279. The van der Waals surface area contributed by atoms with E-state index in [2.05, 4.69) is 39.9 Å². The quantitative estimate of drug-likeness (QED) is 0.340. The molecule has 166 valence electrons. The van der Waals surface area contributed by atoms with Gasteiger partial charge in [-0.05, 0) is 49.2 Å². The summed E-state index contributed by atoms with van der Waals surface area (Å²) in [6.45, 7) is 5.18. The standard InChI is InChI=1S/C24H20BrN5O2S/c1-24(2)11-17-18(13-32-24)33-22-19(17)21-27-20(15-7-9-26-10-8-15)28-30(21)23(31)29(22)12-14-3-5-16(25)6-4-14/h3-10H,11-13H2,1-2H3. The van der Waals surface area contributed by atoms with Crippen molar-refractivity contribution in [3.8, 4) is 11.4 Å². The zero-order chi connectivity index (χ0) is 22.7. The Kier molecular flexibility index (Phi) is 4.76. The summed E-state index contributed by atoms with van der Waals surface area (Å²) in [4.78, 5) is 24.6. The molecule has 1 aliphatic heterocycles. The molecule has 0 bridgehead atoms. The van der Waals surface area contributed by atoms with E-state index in [9.17, 15) is 4.79 Å². The number of thiophene rings is 1. The van der Waals surface area contributed by atoms with Crippen LogP contribution in [0, 0.1) is 0 Å². The third-order valence-corrected chi connectivity index (χ3v) is 7.71. The van der Waals surface area contributed by atoms with E-state index in [4.69, 9.17) is 9.72 Å². The first-order chi connectivity index (χ1) is 15.9. The summed E-state index contributed by atoms with van der Waals surface area (Å²) >= 11 is 5.11. The molecule has 0 unspecified atom stereocenters. The normalized spacial score (nSPS) is 15.2. The molecule has 0 amide bonds. The van der Waals surface area contributed by atoms with Gasteiger partial charge in [0.15, 0.2) is 11.5 Å². The van der Waals surface area contributed by atoms with Crippen LogP contribution in [-0.4, -0.2) is 29.8 Å². The number of hydrogen-bond donors (Lipinski definition) is 0. The van der Waals surface area contributed by atoms with Crippen LogP contribution in [0.4, 0.5) is 0 Å². The lowest BCUT2D eigenvalue weighted by Crippen LogP contribution is -2.31. The molecule has 0 saturated heterocycles. The average molecular weight is 522 g/mol. The van der Waals surface area contributed by atoms with Gasteiger partial charge in [-0.1, -0.05) is 28.1 Å². The Morgan fingerprint density at radius 3 is 2.67 bits per heavy atom. The van der Waals surface area contributed by atoms with E-state index in [-0.39, 0.29) is 11.3 Å². The van der Waals surface area contributed by atoms with Crippen molar-refractivity contribution in [3.05, 3.63) is 79.8 Å². The molecular weight excluding hydrogens is 502 g/mol. The van der Waals surface area contributed by atoms with Crippen LogP contribution in [0.5, 0.6) is 0 Å². The lowest BCUT2D eigenvalue weighted by molar-refractivity contribution is -0.0379. The zero-order valence-corrected chi connectivity index (χ0v) is 20.5. The average Bonchev–Trinajstić information content (AvgIpc) is 3.40. The zero-order valence-electron chi connectivity index (χ0n) is 18.1. The van der Waals surface area contributed by atoms with Crippen molar-refractivity contribution in [2.45, 2.75) is 39.0 Å². The first-order valence-electron chi connectivity index (χ1n) is 10.6. The van der Waals surface area contributed by atoms with Crippen molar-refractivity contribution < 1.29 is 4.74 Å². The molecule has 7 nitrogen and oxygen atoms in total. The Morgan fingerprint density at radius 1 is 1.15 bits per heavy atom. The molecule has 0 saturated carbocycles. The fraction of sp³-hybridized carbons (Fsp3) is 0.250. The third-order valence-electron chi connectivity index (χ3n) is 5.95. The van der Waals surface area contributed by atoms with Gasteiger partial charge in [0, 0.05) is 33.7 Å². The fourth-order valence-corrected chi connectivity index (χ4v) is 5.79. The molecule has 0 N–H and O–H groups in total. The maximum Gasteiger partial charge on any atom is 0.352 e. The van der Waals surface area contributed by atoms with Crippen LogP contribution in [0.3, 0.4) is 0 Å². The number of halogens is 1. The van der Waals surface area contributed by atoms with Crippen LogP contribution in [0.2, 0.25) is 0 Å². The molecule has 1 aliphatic rings. The van der Waals surface area contributed by atoms with Crippen LogP contribution in [0.1, 0.15) is 29.9 Å². The topological polar surface area (TPSA) is 74.3 Å². The Hall–Kier alpha value is -2.88. The van der Waals surface area contributed by atoms with Crippen LogP contribution >= 0.6 is 27.3 Å². The number of hydrogen-bond acceptors (Lipinski definition) is 6. The van der Waals surface area contributed by atoms with Crippen molar-refractivity contribution in [1.29, 1.82) is 0 Å². The molecule has 0 atom stereocenters. The second kappa shape index (κ2) is 7.58. The van der Waals surface area contributed by atoms with Gasteiger partial charge in [0.05, 0.1) is 24.1 Å². The van der Waals surface area contributed by atoms with Gasteiger partial charge in [-0.3, -0.25) is 9.55 Å². The monoisotopic (exact) mass is 521 g/mol. The van der Waals surface area contributed by atoms with Crippen LogP contribution in [0.25, 0.3) is 27.3 Å². The summed E-state index contributed by atoms with van der Waals surface area (Å²) in [5, 5.41) is 5.62. The molecule has 0 spiro atoms. The molecular formula is C24H20BrN5O2S. The first kappa shape index (κ1) is 20.7. The van der Waals surface area contributed by atoms with E-state index in [1.54, 1.807) is 23.7 Å². The maximum absolute atomic E-state index is 13.7. The second-order valence-corrected chi connectivity index (χ2v) is 10.8. The van der Waals surface area contributed by atoms with E-state index in [0.717, 1.165) is 37.1 Å². The van der Waals surface area contributed by atoms with Gasteiger partial charge in [-0.2, -0.15) is 4.52 Å². The Morgan fingerprint density at radius 2 is 1.91 bits per heavy atom. The smallest absolute Gasteiger partial charge is 0.352 e. The summed E-state index contributed by atoms with van der Waals surface area (Å²) in [6.07, 6.45) is 4.16. The molecule has 4 aromatic heterocycles. The highest BCUT2D eigenvalue weighted by Crippen LogP contribution is 2.40. The maximum atomic E-state index is 13.7. The molecule has 33 heavy (non-hydrogen) atoms. The Bertz CT molecular complexity index is 1570. The molecule has 5 heterocycles. The van der Waals surface area contributed by atoms with Crippen molar-refractivity contribution in [2.75, 3.05) is 0 Å². The number of ether oxygens (including phenoxy) is 1. The number of benzene rings is 1. The number of pyridine rings is 1. The largest absolute Gasteiger partial charge is 0.370 e. The number of rotatable bonds is 3. The molecule has 1 aromatic carbocycles. The highest BCUT2D eigenvalue weighted by atomic mass is 79.9. The summed E-state index contributed by atoms with van der Waals surface area (Å²) < 4.78 is 10.3. The van der Waals surface area contributed by atoms with E-state index < -0.39 is 0 Å². The summed E-state index contributed by atoms with van der Waals surface area (Å²) in [6, 6.07) is 11.7. The molecule has 6 rings (SSSR count). The molecule has 0 radical (unpaired) electrons. The number of fused-ring (bicyclic) bond motifs is 5. The fourth-order valence-electron chi connectivity index (χ4n) is 4.30. The van der Waals surface area contributed by atoms with Gasteiger partial charge in [0.25, 0.3) is 0 Å². The SMILES string of the molecule is CC1(C)Cc2c(sc3c2c2nc(-c4ccncc4)nn2c(=O)n3Cc2ccc(Br)cc2)CO1. The van der Waals surface area contributed by atoms with Crippen molar-refractivity contribution in [3.63, 3.8) is 0 Å². The van der Waals surface area contributed by atoms with E-state index in [1.807, 2.05) is 41.0 Å². The van der Waals surface area contributed by atoms with Gasteiger partial charge in [0.2, 0.25) is 0 Å². The lowest BCUT2D eigenvalue weighted by atomic mass is 9.94. The number of aromatic nitrogens is 5. The van der Waals surface area contributed by atoms with Crippen molar-refractivity contribution >= 4 is 43.1 Å². The molecule has 5 aromatic rings. The van der Waals surface area contributed by atoms with Crippen molar-refractivity contribution in [1.82, 2.24) is 24.1 Å². The van der Waals surface area contributed by atoms with Gasteiger partial charge >= 0.3 is 5.69 Å². The van der Waals surface area contributed by atoms with E-state index in [0.29, 0.717) is 24.6 Å². The summed E-state index contributed by atoms with van der Waals surface area (Å²) in [7, 11) is 0. The molecule has 9 heteroatoms. The predicted octanol–water partition coefficient (Wildman–Crippen LogP) is 4.83. The van der Waals surface area contributed by atoms with Gasteiger partial charge in [-0.15, -0.1) is 16.4 Å².